The zero-order chi connectivity index (χ0) is 17.1. The molecule has 3 rings (SSSR count). The van der Waals surface area contributed by atoms with Gasteiger partial charge in [-0.25, -0.2) is 0 Å². The van der Waals surface area contributed by atoms with E-state index in [4.69, 9.17) is 0 Å². The average Bonchev–Trinajstić information content (AvgIpc) is 2.59. The Balaban J connectivity index is 1.60. The van der Waals surface area contributed by atoms with Crippen molar-refractivity contribution < 1.29 is 4.79 Å². The molecule has 0 saturated carbocycles. The summed E-state index contributed by atoms with van der Waals surface area (Å²) in [5.41, 5.74) is 2.09. The number of rotatable bonds is 3. The number of hydrogen-bond acceptors (Lipinski definition) is 4. The van der Waals surface area contributed by atoms with Crippen LogP contribution in [-0.4, -0.2) is 79.0 Å². The van der Waals surface area contributed by atoms with Crippen molar-refractivity contribution in [2.45, 2.75) is 32.5 Å². The van der Waals surface area contributed by atoms with Crippen LogP contribution in [0.2, 0.25) is 0 Å². The third-order valence-corrected chi connectivity index (χ3v) is 5.50. The summed E-state index contributed by atoms with van der Waals surface area (Å²) < 4.78 is 0. The summed E-state index contributed by atoms with van der Waals surface area (Å²) in [7, 11) is 2.18. The lowest BCUT2D eigenvalue weighted by molar-refractivity contribution is 0.0603. The number of amides is 1. The van der Waals surface area contributed by atoms with Crippen LogP contribution in [0.1, 0.15) is 29.8 Å². The van der Waals surface area contributed by atoms with E-state index in [0.717, 1.165) is 51.4 Å². The molecule has 1 N–H and O–H groups in total. The van der Waals surface area contributed by atoms with Crippen LogP contribution in [0.15, 0.2) is 24.3 Å². The summed E-state index contributed by atoms with van der Waals surface area (Å²) in [6.07, 6.45) is 0. The van der Waals surface area contributed by atoms with Gasteiger partial charge in [0.1, 0.15) is 0 Å². The molecule has 2 atom stereocenters. The molecule has 2 unspecified atom stereocenters. The number of benzene rings is 1. The maximum absolute atomic E-state index is 12.8. The average molecular weight is 330 g/mol. The second-order valence-electron chi connectivity index (χ2n) is 7.26. The number of carbonyl (C=O) groups excluding carboxylic acids is 1. The van der Waals surface area contributed by atoms with Gasteiger partial charge in [0.2, 0.25) is 0 Å². The molecular weight excluding hydrogens is 300 g/mol. The van der Waals surface area contributed by atoms with Gasteiger partial charge in [-0.15, -0.1) is 0 Å². The minimum absolute atomic E-state index is 0.155. The van der Waals surface area contributed by atoms with E-state index in [1.165, 1.54) is 5.56 Å². The van der Waals surface area contributed by atoms with Crippen LogP contribution >= 0.6 is 0 Å². The van der Waals surface area contributed by atoms with Gasteiger partial charge < -0.3 is 15.1 Å². The summed E-state index contributed by atoms with van der Waals surface area (Å²) in [6.45, 7) is 11.4. The molecule has 2 aliphatic heterocycles. The zero-order valence-electron chi connectivity index (χ0n) is 15.2. The predicted octanol–water partition coefficient (Wildman–Crippen LogP) is 1.26. The lowest BCUT2D eigenvalue weighted by atomic mass is 10.0. The fourth-order valence-electron chi connectivity index (χ4n) is 3.53. The summed E-state index contributed by atoms with van der Waals surface area (Å²) >= 11 is 0. The lowest BCUT2D eigenvalue weighted by Gasteiger charge is -2.38. The molecule has 0 bridgehead atoms. The first kappa shape index (κ1) is 17.4. The van der Waals surface area contributed by atoms with Gasteiger partial charge >= 0.3 is 0 Å². The summed E-state index contributed by atoms with van der Waals surface area (Å²) in [5, 5.41) is 3.42. The normalized spacial score (nSPS) is 26.5. The zero-order valence-corrected chi connectivity index (χ0v) is 15.2. The molecule has 1 aromatic carbocycles. The Bertz CT molecular complexity index is 551. The summed E-state index contributed by atoms with van der Waals surface area (Å²) in [5.74, 6) is 0.155. The molecule has 2 fully saturated rings. The van der Waals surface area contributed by atoms with Crippen molar-refractivity contribution in [3.05, 3.63) is 35.4 Å². The van der Waals surface area contributed by atoms with E-state index in [9.17, 15) is 4.79 Å². The molecule has 0 aliphatic carbocycles. The van der Waals surface area contributed by atoms with Crippen LogP contribution in [0.25, 0.3) is 0 Å². The van der Waals surface area contributed by atoms with Gasteiger partial charge in [0.05, 0.1) is 0 Å². The van der Waals surface area contributed by atoms with Crippen LogP contribution < -0.4 is 5.32 Å². The highest BCUT2D eigenvalue weighted by atomic mass is 16.2. The van der Waals surface area contributed by atoms with Crippen molar-refractivity contribution >= 4 is 5.91 Å². The van der Waals surface area contributed by atoms with Crippen molar-refractivity contribution in [2.75, 3.05) is 46.3 Å². The highest BCUT2D eigenvalue weighted by Crippen LogP contribution is 2.15. The molecule has 132 valence electrons. The van der Waals surface area contributed by atoms with E-state index in [1.54, 1.807) is 0 Å². The van der Waals surface area contributed by atoms with E-state index in [0.29, 0.717) is 6.04 Å². The number of carbonyl (C=O) groups is 1. The topological polar surface area (TPSA) is 38.8 Å². The van der Waals surface area contributed by atoms with Crippen LogP contribution in [-0.2, 0) is 6.54 Å². The largest absolute Gasteiger partial charge is 0.333 e. The standard InChI is InChI=1S/C19H30N4O/c1-15-16(2)23(9-8-20-15)19(24)18-6-4-17(5-7-18)14-22-12-10-21(3)11-13-22/h4-7,15-16,20H,8-14H2,1-3H3. The molecule has 2 saturated heterocycles. The van der Waals surface area contributed by atoms with E-state index in [1.807, 2.05) is 17.0 Å². The number of hydrogen-bond donors (Lipinski definition) is 1. The quantitative estimate of drug-likeness (QED) is 0.906. The fraction of sp³-hybridized carbons (Fsp3) is 0.632. The van der Waals surface area contributed by atoms with Gasteiger partial charge in [0.15, 0.2) is 0 Å². The first-order chi connectivity index (χ1) is 11.5. The molecule has 0 spiro atoms. The van der Waals surface area contributed by atoms with Crippen molar-refractivity contribution in [3.63, 3.8) is 0 Å². The van der Waals surface area contributed by atoms with E-state index in [-0.39, 0.29) is 11.9 Å². The van der Waals surface area contributed by atoms with Gasteiger partial charge in [-0.2, -0.15) is 0 Å². The monoisotopic (exact) mass is 330 g/mol. The Morgan fingerprint density at radius 1 is 1.08 bits per heavy atom. The van der Waals surface area contributed by atoms with Gasteiger partial charge in [-0.1, -0.05) is 12.1 Å². The Kier molecular flexibility index (Phi) is 5.54. The number of likely N-dealkylation sites (N-methyl/N-ethyl adjacent to an activating group) is 1. The Hall–Kier alpha value is -1.43. The maximum Gasteiger partial charge on any atom is 0.254 e. The van der Waals surface area contributed by atoms with Gasteiger partial charge in [0, 0.05) is 63.5 Å². The smallest absolute Gasteiger partial charge is 0.254 e. The van der Waals surface area contributed by atoms with Crippen molar-refractivity contribution in [1.82, 2.24) is 20.0 Å². The SMILES string of the molecule is CC1NCCN(C(=O)c2ccc(CN3CCN(C)CC3)cc2)C1C. The van der Waals surface area contributed by atoms with E-state index < -0.39 is 0 Å². The van der Waals surface area contributed by atoms with Crippen LogP contribution in [0.3, 0.4) is 0 Å². The molecule has 2 heterocycles. The highest BCUT2D eigenvalue weighted by Gasteiger charge is 2.28. The molecule has 5 heteroatoms. The minimum Gasteiger partial charge on any atom is -0.333 e. The first-order valence-electron chi connectivity index (χ1n) is 9.09. The number of nitrogens with one attached hydrogen (secondary N) is 1. The molecule has 24 heavy (non-hydrogen) atoms. The Labute approximate surface area is 145 Å². The Morgan fingerprint density at radius 2 is 1.75 bits per heavy atom. The predicted molar refractivity (Wildman–Crippen MR) is 97.2 cm³/mol. The Morgan fingerprint density at radius 3 is 2.42 bits per heavy atom. The third-order valence-electron chi connectivity index (χ3n) is 5.50. The number of piperazine rings is 2. The molecule has 0 radical (unpaired) electrons. The first-order valence-corrected chi connectivity index (χ1v) is 9.09. The molecule has 2 aliphatic rings. The van der Waals surface area contributed by atoms with Crippen LogP contribution in [0.4, 0.5) is 0 Å². The number of nitrogens with zero attached hydrogens (tertiary/aromatic N) is 3. The van der Waals surface area contributed by atoms with Crippen molar-refractivity contribution in [2.24, 2.45) is 0 Å². The summed E-state index contributed by atoms with van der Waals surface area (Å²) in [4.78, 5) is 19.6. The third kappa shape index (κ3) is 3.97. The van der Waals surface area contributed by atoms with Crippen molar-refractivity contribution in [3.8, 4) is 0 Å². The summed E-state index contributed by atoms with van der Waals surface area (Å²) in [6, 6.07) is 8.79. The second-order valence-corrected chi connectivity index (χ2v) is 7.26. The van der Waals surface area contributed by atoms with Crippen LogP contribution in [0.5, 0.6) is 0 Å². The van der Waals surface area contributed by atoms with Gasteiger partial charge in [-0.3, -0.25) is 9.69 Å². The van der Waals surface area contributed by atoms with Gasteiger partial charge in [-0.05, 0) is 38.6 Å². The van der Waals surface area contributed by atoms with E-state index in [2.05, 4.69) is 48.1 Å². The van der Waals surface area contributed by atoms with E-state index >= 15 is 0 Å². The van der Waals surface area contributed by atoms with Crippen molar-refractivity contribution in [1.29, 1.82) is 0 Å². The molecule has 1 amide bonds. The molecular formula is C19H30N4O. The van der Waals surface area contributed by atoms with Gasteiger partial charge in [0.25, 0.3) is 5.91 Å². The highest BCUT2D eigenvalue weighted by molar-refractivity contribution is 5.94. The maximum atomic E-state index is 12.8. The minimum atomic E-state index is 0.155. The fourth-order valence-corrected chi connectivity index (χ4v) is 3.53. The lowest BCUT2D eigenvalue weighted by Crippen LogP contribution is -2.57. The second kappa shape index (κ2) is 7.64. The molecule has 1 aromatic rings. The van der Waals surface area contributed by atoms with Crippen LogP contribution in [0, 0.1) is 0 Å². The molecule has 0 aromatic heterocycles. The molecule has 5 nitrogen and oxygen atoms in total.